The normalized spacial score (nSPS) is 11.0. The number of hydrazone groups is 1. The van der Waals surface area contributed by atoms with Gasteiger partial charge in [-0.05, 0) is 51.3 Å². The molecule has 3 aromatic carbocycles. The number of amides is 1. The van der Waals surface area contributed by atoms with Gasteiger partial charge in [-0.1, -0.05) is 58.4 Å². The van der Waals surface area contributed by atoms with Gasteiger partial charge in [-0.15, -0.1) is 0 Å². The van der Waals surface area contributed by atoms with Crippen molar-refractivity contribution in [2.24, 2.45) is 5.10 Å². The van der Waals surface area contributed by atoms with Gasteiger partial charge < -0.3 is 4.74 Å². The minimum absolute atomic E-state index is 0.117. The minimum atomic E-state index is -0.323. The van der Waals surface area contributed by atoms with Gasteiger partial charge in [0.05, 0.1) is 10.7 Å². The molecule has 0 heterocycles. The predicted octanol–water partition coefficient (Wildman–Crippen LogP) is 5.20. The molecule has 0 aliphatic heterocycles. The zero-order chi connectivity index (χ0) is 18.5. The molecular formula is C20H16Br2N2O2. The standard InChI is InChI=1S/C20H16Br2N2O2/c1-13-9-16(21)10-18(22)20(13)26-12-19(25)24-23-11-15-7-4-6-14-5-2-3-8-17(14)15/h2-11H,12H2,1H3,(H,24,25). The topological polar surface area (TPSA) is 50.7 Å². The zero-order valence-electron chi connectivity index (χ0n) is 14.0. The van der Waals surface area contributed by atoms with Crippen LogP contribution < -0.4 is 10.2 Å². The van der Waals surface area contributed by atoms with Crippen molar-refractivity contribution < 1.29 is 9.53 Å². The summed E-state index contributed by atoms with van der Waals surface area (Å²) in [5.74, 6) is 0.317. The monoisotopic (exact) mass is 474 g/mol. The fraction of sp³-hybridized carbons (Fsp3) is 0.100. The second-order valence-electron chi connectivity index (χ2n) is 5.68. The molecule has 0 aliphatic rings. The lowest BCUT2D eigenvalue weighted by Crippen LogP contribution is -2.24. The minimum Gasteiger partial charge on any atom is -0.482 e. The lowest BCUT2D eigenvalue weighted by atomic mass is 10.1. The van der Waals surface area contributed by atoms with Gasteiger partial charge in [-0.2, -0.15) is 5.10 Å². The molecule has 0 unspecified atom stereocenters. The van der Waals surface area contributed by atoms with Crippen LogP contribution in [0.3, 0.4) is 0 Å². The summed E-state index contributed by atoms with van der Waals surface area (Å²) >= 11 is 6.85. The number of benzene rings is 3. The Morgan fingerprint density at radius 3 is 2.73 bits per heavy atom. The zero-order valence-corrected chi connectivity index (χ0v) is 17.2. The average Bonchev–Trinajstić information content (AvgIpc) is 2.61. The van der Waals surface area contributed by atoms with Crippen LogP contribution in [-0.2, 0) is 4.79 Å². The summed E-state index contributed by atoms with van der Waals surface area (Å²) in [5.41, 5.74) is 4.37. The molecule has 3 rings (SSSR count). The van der Waals surface area contributed by atoms with E-state index in [1.54, 1.807) is 6.21 Å². The van der Waals surface area contributed by atoms with Gasteiger partial charge in [0.1, 0.15) is 5.75 Å². The Hall–Kier alpha value is -2.18. The smallest absolute Gasteiger partial charge is 0.277 e. The number of halogens is 2. The Labute approximate surface area is 168 Å². The molecular weight excluding hydrogens is 460 g/mol. The van der Waals surface area contributed by atoms with Crippen LogP contribution in [0.25, 0.3) is 10.8 Å². The molecule has 3 aromatic rings. The van der Waals surface area contributed by atoms with Gasteiger partial charge >= 0.3 is 0 Å². The van der Waals surface area contributed by atoms with Crippen molar-refractivity contribution in [2.75, 3.05) is 6.61 Å². The summed E-state index contributed by atoms with van der Waals surface area (Å²) in [4.78, 5) is 12.0. The number of nitrogens with zero attached hydrogens (tertiary/aromatic N) is 1. The maximum atomic E-state index is 12.0. The van der Waals surface area contributed by atoms with E-state index in [0.29, 0.717) is 5.75 Å². The highest BCUT2D eigenvalue weighted by Crippen LogP contribution is 2.32. The van der Waals surface area contributed by atoms with Crippen LogP contribution in [-0.4, -0.2) is 18.7 Å². The number of carbonyl (C=O) groups excluding carboxylic acids is 1. The molecule has 6 heteroatoms. The first-order valence-electron chi connectivity index (χ1n) is 7.92. The summed E-state index contributed by atoms with van der Waals surface area (Å²) in [6.45, 7) is 1.80. The van der Waals surface area contributed by atoms with Gasteiger partial charge in [-0.3, -0.25) is 4.79 Å². The molecule has 1 N–H and O–H groups in total. The van der Waals surface area contributed by atoms with Crippen molar-refractivity contribution in [2.45, 2.75) is 6.92 Å². The number of hydrogen-bond acceptors (Lipinski definition) is 3. The van der Waals surface area contributed by atoms with Crippen molar-refractivity contribution in [3.8, 4) is 5.75 Å². The molecule has 0 radical (unpaired) electrons. The van der Waals surface area contributed by atoms with E-state index < -0.39 is 0 Å². The Balaban J connectivity index is 1.61. The molecule has 1 amide bonds. The lowest BCUT2D eigenvalue weighted by Gasteiger charge is -2.10. The van der Waals surface area contributed by atoms with E-state index in [4.69, 9.17) is 4.74 Å². The van der Waals surface area contributed by atoms with Crippen LogP contribution in [0, 0.1) is 6.92 Å². The maximum Gasteiger partial charge on any atom is 0.277 e. The lowest BCUT2D eigenvalue weighted by molar-refractivity contribution is -0.123. The van der Waals surface area contributed by atoms with Gasteiger partial charge in [0.2, 0.25) is 0 Å². The number of hydrogen-bond donors (Lipinski definition) is 1. The molecule has 0 atom stereocenters. The fourth-order valence-electron chi connectivity index (χ4n) is 2.58. The highest BCUT2D eigenvalue weighted by molar-refractivity contribution is 9.11. The number of fused-ring (bicyclic) bond motifs is 1. The average molecular weight is 476 g/mol. The molecule has 0 saturated heterocycles. The summed E-state index contributed by atoms with van der Waals surface area (Å²) in [6.07, 6.45) is 1.64. The summed E-state index contributed by atoms with van der Waals surface area (Å²) in [7, 11) is 0. The van der Waals surface area contributed by atoms with E-state index in [2.05, 4.69) is 42.4 Å². The Kier molecular flexibility index (Phi) is 6.06. The van der Waals surface area contributed by atoms with Crippen molar-refractivity contribution in [1.29, 1.82) is 0 Å². The number of rotatable bonds is 5. The summed E-state index contributed by atoms with van der Waals surface area (Å²) in [6, 6.07) is 17.8. The fourth-order valence-corrected chi connectivity index (χ4v) is 4.13. The summed E-state index contributed by atoms with van der Waals surface area (Å²) < 4.78 is 7.34. The molecule has 26 heavy (non-hydrogen) atoms. The van der Waals surface area contributed by atoms with Crippen molar-refractivity contribution >= 4 is 54.8 Å². The van der Waals surface area contributed by atoms with Gasteiger partial charge in [0, 0.05) is 10.0 Å². The third-order valence-electron chi connectivity index (χ3n) is 3.76. The molecule has 132 valence electrons. The first kappa shape index (κ1) is 18.6. The van der Waals surface area contributed by atoms with Crippen LogP contribution in [0.4, 0.5) is 0 Å². The molecule has 0 fully saturated rings. The summed E-state index contributed by atoms with van der Waals surface area (Å²) in [5, 5.41) is 6.25. The van der Waals surface area contributed by atoms with E-state index in [1.807, 2.05) is 61.5 Å². The van der Waals surface area contributed by atoms with Gasteiger partial charge in [0.25, 0.3) is 5.91 Å². The van der Waals surface area contributed by atoms with E-state index in [9.17, 15) is 4.79 Å². The van der Waals surface area contributed by atoms with Crippen LogP contribution in [0.1, 0.15) is 11.1 Å². The Morgan fingerprint density at radius 1 is 1.15 bits per heavy atom. The predicted molar refractivity (Wildman–Crippen MR) is 112 cm³/mol. The number of ether oxygens (including phenoxy) is 1. The second kappa shape index (κ2) is 8.47. The van der Waals surface area contributed by atoms with Crippen LogP contribution in [0.5, 0.6) is 5.75 Å². The number of aryl methyl sites for hydroxylation is 1. The first-order chi connectivity index (χ1) is 12.5. The number of nitrogens with one attached hydrogen (secondary N) is 1. The van der Waals surface area contributed by atoms with E-state index >= 15 is 0 Å². The van der Waals surface area contributed by atoms with E-state index in [1.165, 1.54) is 0 Å². The third-order valence-corrected chi connectivity index (χ3v) is 4.80. The van der Waals surface area contributed by atoms with Gasteiger partial charge in [0.15, 0.2) is 6.61 Å². The molecule has 0 aromatic heterocycles. The Bertz CT molecular complexity index is 958. The Morgan fingerprint density at radius 2 is 1.92 bits per heavy atom. The molecule has 0 aliphatic carbocycles. The molecule has 0 saturated carbocycles. The van der Waals surface area contributed by atoms with Crippen molar-refractivity contribution in [3.63, 3.8) is 0 Å². The quantitative estimate of drug-likeness (QED) is 0.407. The molecule has 0 spiro atoms. The molecule has 4 nitrogen and oxygen atoms in total. The van der Waals surface area contributed by atoms with E-state index in [0.717, 1.165) is 30.8 Å². The second-order valence-corrected chi connectivity index (χ2v) is 7.45. The third kappa shape index (κ3) is 4.51. The SMILES string of the molecule is Cc1cc(Br)cc(Br)c1OCC(=O)NN=Cc1cccc2ccccc12. The van der Waals surface area contributed by atoms with E-state index in [-0.39, 0.29) is 12.5 Å². The number of carbonyl (C=O) groups is 1. The highest BCUT2D eigenvalue weighted by Gasteiger charge is 2.09. The first-order valence-corrected chi connectivity index (χ1v) is 9.51. The van der Waals surface area contributed by atoms with Crippen LogP contribution >= 0.6 is 31.9 Å². The highest BCUT2D eigenvalue weighted by atomic mass is 79.9. The van der Waals surface area contributed by atoms with Crippen LogP contribution in [0.15, 0.2) is 68.6 Å². The van der Waals surface area contributed by atoms with Crippen LogP contribution in [0.2, 0.25) is 0 Å². The van der Waals surface area contributed by atoms with Gasteiger partial charge in [-0.25, -0.2) is 5.43 Å². The largest absolute Gasteiger partial charge is 0.482 e. The van der Waals surface area contributed by atoms with Crippen molar-refractivity contribution in [1.82, 2.24) is 5.43 Å². The van der Waals surface area contributed by atoms with Crippen molar-refractivity contribution in [3.05, 3.63) is 74.7 Å². The molecule has 0 bridgehead atoms. The maximum absolute atomic E-state index is 12.0.